The predicted octanol–water partition coefficient (Wildman–Crippen LogP) is 4.93. The summed E-state index contributed by atoms with van der Waals surface area (Å²) in [5, 5.41) is 9.04. The summed E-state index contributed by atoms with van der Waals surface area (Å²) in [6, 6.07) is 14.4. The van der Waals surface area contributed by atoms with Crippen LogP contribution in [0.1, 0.15) is 50.2 Å². The summed E-state index contributed by atoms with van der Waals surface area (Å²) in [5.41, 5.74) is 1.15. The molecule has 0 amide bonds. The van der Waals surface area contributed by atoms with Gasteiger partial charge in [-0.2, -0.15) is 0 Å². The van der Waals surface area contributed by atoms with Gasteiger partial charge in [-0.15, -0.1) is 10.2 Å². The minimum Gasteiger partial charge on any atom is -0.474 e. The molecule has 1 fully saturated rings. The Morgan fingerprint density at radius 2 is 1.81 bits per heavy atom. The van der Waals surface area contributed by atoms with Gasteiger partial charge in [0.1, 0.15) is 17.8 Å². The third kappa shape index (κ3) is 4.15. The number of benzene rings is 1. The molecule has 0 saturated heterocycles. The van der Waals surface area contributed by atoms with E-state index in [-0.39, 0.29) is 6.10 Å². The molecule has 0 radical (unpaired) electrons. The van der Waals surface area contributed by atoms with Crippen molar-refractivity contribution in [2.24, 2.45) is 0 Å². The highest BCUT2D eigenvalue weighted by molar-refractivity contribution is 14.1. The molecule has 4 rings (SSSR count). The standard InChI is InChI=1S/C21H23IN4O/c1-2-19-24-25-21(26(19)17-10-8-16(22)9-11-17)15-6-12-18(13-7-15)27-20-5-3-4-14-23-20/h3-5,8-11,14-15,18H,2,6-7,12-13H2,1H3. The number of rotatable bonds is 5. The van der Waals surface area contributed by atoms with Crippen molar-refractivity contribution in [3.63, 3.8) is 0 Å². The van der Waals surface area contributed by atoms with E-state index in [9.17, 15) is 0 Å². The van der Waals surface area contributed by atoms with Crippen LogP contribution in [0.15, 0.2) is 48.7 Å². The predicted molar refractivity (Wildman–Crippen MR) is 113 cm³/mol. The maximum absolute atomic E-state index is 6.04. The molecule has 0 atom stereocenters. The first-order valence-electron chi connectivity index (χ1n) is 9.52. The molecule has 0 bridgehead atoms. The average molecular weight is 474 g/mol. The van der Waals surface area contributed by atoms with E-state index in [1.165, 1.54) is 3.57 Å². The number of aromatic nitrogens is 4. The van der Waals surface area contributed by atoms with Crippen LogP contribution in [-0.2, 0) is 6.42 Å². The van der Waals surface area contributed by atoms with Crippen LogP contribution in [0, 0.1) is 3.57 Å². The molecule has 1 aliphatic rings. The second kappa shape index (κ2) is 8.37. The molecule has 2 aromatic heterocycles. The zero-order chi connectivity index (χ0) is 18.6. The molecule has 140 valence electrons. The molecule has 0 unspecified atom stereocenters. The largest absolute Gasteiger partial charge is 0.474 e. The van der Waals surface area contributed by atoms with Crippen molar-refractivity contribution in [2.75, 3.05) is 0 Å². The number of ether oxygens (including phenoxy) is 1. The van der Waals surface area contributed by atoms with Gasteiger partial charge in [0.2, 0.25) is 5.88 Å². The number of nitrogens with zero attached hydrogens (tertiary/aromatic N) is 4. The van der Waals surface area contributed by atoms with Crippen LogP contribution < -0.4 is 4.74 Å². The summed E-state index contributed by atoms with van der Waals surface area (Å²) in [6.07, 6.45) is 7.03. The van der Waals surface area contributed by atoms with Crippen molar-refractivity contribution >= 4 is 22.6 Å². The molecule has 1 saturated carbocycles. The first kappa shape index (κ1) is 18.4. The number of hydrogen-bond donors (Lipinski definition) is 0. The van der Waals surface area contributed by atoms with E-state index in [4.69, 9.17) is 4.74 Å². The lowest BCUT2D eigenvalue weighted by atomic mass is 9.86. The van der Waals surface area contributed by atoms with Gasteiger partial charge in [0.05, 0.1) is 0 Å². The molecule has 27 heavy (non-hydrogen) atoms. The number of aryl methyl sites for hydroxylation is 1. The van der Waals surface area contributed by atoms with Gasteiger partial charge in [0.15, 0.2) is 0 Å². The fourth-order valence-electron chi connectivity index (χ4n) is 3.72. The first-order valence-corrected chi connectivity index (χ1v) is 10.6. The van der Waals surface area contributed by atoms with E-state index in [1.54, 1.807) is 6.20 Å². The van der Waals surface area contributed by atoms with E-state index in [2.05, 4.69) is 73.5 Å². The summed E-state index contributed by atoms with van der Waals surface area (Å²) in [6.45, 7) is 2.13. The summed E-state index contributed by atoms with van der Waals surface area (Å²) in [7, 11) is 0. The Hall–Kier alpha value is -1.96. The van der Waals surface area contributed by atoms with Gasteiger partial charge in [-0.3, -0.25) is 4.57 Å². The van der Waals surface area contributed by atoms with Gasteiger partial charge in [-0.25, -0.2) is 4.98 Å². The van der Waals surface area contributed by atoms with E-state index in [0.717, 1.165) is 55.3 Å². The molecular formula is C21H23IN4O. The summed E-state index contributed by atoms with van der Waals surface area (Å²) in [5.74, 6) is 3.25. The molecule has 0 N–H and O–H groups in total. The Labute approximate surface area is 173 Å². The van der Waals surface area contributed by atoms with Crippen molar-refractivity contribution in [1.29, 1.82) is 0 Å². The molecule has 1 aliphatic carbocycles. The van der Waals surface area contributed by atoms with Crippen LogP contribution in [-0.4, -0.2) is 25.9 Å². The second-order valence-corrected chi connectivity index (χ2v) is 8.14. The smallest absolute Gasteiger partial charge is 0.213 e. The minimum atomic E-state index is 0.233. The van der Waals surface area contributed by atoms with Crippen LogP contribution in [0.25, 0.3) is 5.69 Å². The molecular weight excluding hydrogens is 451 g/mol. The van der Waals surface area contributed by atoms with Crippen LogP contribution >= 0.6 is 22.6 Å². The molecule has 5 nitrogen and oxygen atoms in total. The van der Waals surface area contributed by atoms with Crippen LogP contribution in [0.5, 0.6) is 5.88 Å². The third-order valence-electron chi connectivity index (χ3n) is 5.12. The fraction of sp³-hybridized carbons (Fsp3) is 0.381. The molecule has 0 aliphatic heterocycles. The average Bonchev–Trinajstić information content (AvgIpc) is 3.14. The summed E-state index contributed by atoms with van der Waals surface area (Å²) in [4.78, 5) is 4.28. The van der Waals surface area contributed by atoms with Crippen molar-refractivity contribution in [3.8, 4) is 11.6 Å². The monoisotopic (exact) mass is 474 g/mol. The van der Waals surface area contributed by atoms with E-state index >= 15 is 0 Å². The van der Waals surface area contributed by atoms with Gasteiger partial charge in [-0.1, -0.05) is 13.0 Å². The van der Waals surface area contributed by atoms with Crippen molar-refractivity contribution in [1.82, 2.24) is 19.7 Å². The Morgan fingerprint density at radius 1 is 1.04 bits per heavy atom. The Morgan fingerprint density at radius 3 is 2.48 bits per heavy atom. The molecule has 2 heterocycles. The molecule has 1 aromatic carbocycles. The second-order valence-electron chi connectivity index (χ2n) is 6.90. The maximum Gasteiger partial charge on any atom is 0.213 e. The Bertz CT molecular complexity index is 871. The lowest BCUT2D eigenvalue weighted by Crippen LogP contribution is -2.25. The van der Waals surface area contributed by atoms with Crippen LogP contribution in [0.4, 0.5) is 0 Å². The van der Waals surface area contributed by atoms with Crippen molar-refractivity contribution in [3.05, 3.63) is 63.9 Å². The quantitative estimate of drug-likeness (QED) is 0.492. The molecule has 3 aromatic rings. The Balaban J connectivity index is 1.50. The Kier molecular flexibility index (Phi) is 5.71. The lowest BCUT2D eigenvalue weighted by molar-refractivity contribution is 0.139. The zero-order valence-electron chi connectivity index (χ0n) is 15.4. The van der Waals surface area contributed by atoms with Gasteiger partial charge >= 0.3 is 0 Å². The third-order valence-corrected chi connectivity index (χ3v) is 5.84. The van der Waals surface area contributed by atoms with E-state index in [1.807, 2.05) is 18.2 Å². The van der Waals surface area contributed by atoms with Crippen LogP contribution in [0.2, 0.25) is 0 Å². The van der Waals surface area contributed by atoms with Gasteiger partial charge in [-0.05, 0) is 78.6 Å². The minimum absolute atomic E-state index is 0.233. The zero-order valence-corrected chi connectivity index (χ0v) is 17.5. The number of pyridine rings is 1. The lowest BCUT2D eigenvalue weighted by Gasteiger charge is -2.28. The fourth-order valence-corrected chi connectivity index (χ4v) is 4.08. The summed E-state index contributed by atoms with van der Waals surface area (Å²) < 4.78 is 9.52. The highest BCUT2D eigenvalue weighted by Crippen LogP contribution is 2.35. The van der Waals surface area contributed by atoms with E-state index < -0.39 is 0 Å². The van der Waals surface area contributed by atoms with Crippen molar-refractivity contribution in [2.45, 2.75) is 51.0 Å². The van der Waals surface area contributed by atoms with Crippen molar-refractivity contribution < 1.29 is 4.74 Å². The highest BCUT2D eigenvalue weighted by Gasteiger charge is 2.28. The van der Waals surface area contributed by atoms with Gasteiger partial charge in [0, 0.05) is 33.9 Å². The first-order chi connectivity index (χ1) is 13.2. The van der Waals surface area contributed by atoms with Gasteiger partial charge in [0.25, 0.3) is 0 Å². The highest BCUT2D eigenvalue weighted by atomic mass is 127. The summed E-state index contributed by atoms with van der Waals surface area (Å²) >= 11 is 2.34. The molecule has 0 spiro atoms. The van der Waals surface area contributed by atoms with Crippen LogP contribution in [0.3, 0.4) is 0 Å². The van der Waals surface area contributed by atoms with Gasteiger partial charge < -0.3 is 4.74 Å². The maximum atomic E-state index is 6.04. The SMILES string of the molecule is CCc1nnc(C2CCC(Oc3ccccn3)CC2)n1-c1ccc(I)cc1. The number of hydrogen-bond acceptors (Lipinski definition) is 4. The topological polar surface area (TPSA) is 52.8 Å². The normalized spacial score (nSPS) is 19.8. The molecule has 6 heteroatoms. The van der Waals surface area contributed by atoms with E-state index in [0.29, 0.717) is 5.92 Å². The number of halogens is 1.